The molecule has 1 aliphatic carbocycles. The van der Waals surface area contributed by atoms with Crippen molar-refractivity contribution < 1.29 is 34.7 Å². The van der Waals surface area contributed by atoms with Gasteiger partial charge < -0.3 is 4.74 Å². The van der Waals surface area contributed by atoms with E-state index in [1.54, 1.807) is 53.4 Å². The zero-order valence-electron chi connectivity index (χ0n) is 91.9. The van der Waals surface area contributed by atoms with Crippen LogP contribution in [-0.2, 0) is 90.7 Å². The van der Waals surface area contributed by atoms with E-state index in [9.17, 15) is 30.0 Å². The van der Waals surface area contributed by atoms with Crippen LogP contribution in [0.1, 0.15) is 512 Å². The van der Waals surface area contributed by atoms with Crippen molar-refractivity contribution in [2.75, 3.05) is 7.11 Å². The number of aromatic nitrogens is 1. The van der Waals surface area contributed by atoms with Gasteiger partial charge in [0.05, 0.1) is 21.0 Å². The Labute approximate surface area is 792 Å². The number of hydrogen-bond donors (Lipinski definition) is 2. The lowest BCUT2D eigenvalue weighted by Gasteiger charge is -2.30. The molecule has 129 heavy (non-hydrogen) atoms. The number of methoxy groups -OCH3 is 1. The maximum absolute atomic E-state index is 13.2. The lowest BCUT2D eigenvalue weighted by molar-refractivity contribution is -0.140. The number of hydrogen-bond acceptors (Lipinski definition) is 6. The first kappa shape index (κ1) is 119. The number of benzene rings is 6. The highest BCUT2D eigenvalue weighted by Crippen LogP contribution is 2.50. The number of ether oxygens (including phenoxy) is 1. The van der Waals surface area contributed by atoms with E-state index in [2.05, 4.69) is 365 Å². The van der Waals surface area contributed by atoms with Gasteiger partial charge in [0.2, 0.25) is 20.0 Å². The van der Waals surface area contributed by atoms with Crippen molar-refractivity contribution in [1.29, 1.82) is 0 Å². The minimum absolute atomic E-state index is 0.116. The molecule has 0 spiro atoms. The van der Waals surface area contributed by atoms with Crippen LogP contribution in [0.4, 0.5) is 13.2 Å². The quantitative estimate of drug-likeness (QED) is 0.112. The summed E-state index contributed by atoms with van der Waals surface area (Å²) in [6, 6.07) is 39.7. The summed E-state index contributed by atoms with van der Waals surface area (Å²) in [7, 11) is -5.99. The monoisotopic (exact) mass is 1820 g/mol. The van der Waals surface area contributed by atoms with Crippen LogP contribution in [0.2, 0.25) is 0 Å². The third kappa shape index (κ3) is 37.7. The van der Waals surface area contributed by atoms with Crippen molar-refractivity contribution in [2.24, 2.45) is 0 Å². The highest BCUT2D eigenvalue weighted by Gasteiger charge is 2.41. The summed E-state index contributed by atoms with van der Waals surface area (Å²) in [6.07, 6.45) is -2.01. The van der Waals surface area contributed by atoms with Crippen LogP contribution in [-0.4, -0.2) is 40.0 Å². The molecule has 0 atom stereocenters. The molecular weight excluding hydrogens is 1640 g/mol. The topological polar surface area (TPSA) is 114 Å². The van der Waals surface area contributed by atoms with E-state index >= 15 is 0 Å². The molecule has 2 N–H and O–H groups in total. The zero-order valence-corrected chi connectivity index (χ0v) is 93.5. The summed E-state index contributed by atoms with van der Waals surface area (Å²) in [5.74, 6) is 3.15. The summed E-state index contributed by atoms with van der Waals surface area (Å²) in [5, 5.41) is 0. The smallest absolute Gasteiger partial charge is 0.374 e. The maximum atomic E-state index is 13.2. The van der Waals surface area contributed by atoms with Crippen LogP contribution in [0.15, 0.2) is 125 Å². The van der Waals surface area contributed by atoms with Crippen molar-refractivity contribution in [2.45, 2.75) is 494 Å². The Morgan fingerprint density at radius 2 is 0.558 bits per heavy atom. The van der Waals surface area contributed by atoms with Crippen LogP contribution in [0.5, 0.6) is 0 Å². The van der Waals surface area contributed by atoms with Gasteiger partial charge in [0.15, 0.2) is 0 Å². The Bertz CT molecular complexity index is 4610. The van der Waals surface area contributed by atoms with Gasteiger partial charge in [-0.05, 0) is 285 Å². The lowest BCUT2D eigenvalue weighted by atomic mass is 9.75. The van der Waals surface area contributed by atoms with Crippen LogP contribution in [0, 0.1) is 6.92 Å². The molecule has 0 bridgehead atoms. The summed E-state index contributed by atoms with van der Waals surface area (Å²) < 4.78 is 99.8. The second kappa shape index (κ2) is 43.8. The van der Waals surface area contributed by atoms with E-state index in [4.69, 9.17) is 9.72 Å². The second-order valence-corrected chi connectivity index (χ2v) is 54.6. The molecule has 1 saturated carbocycles. The van der Waals surface area contributed by atoms with E-state index in [0.717, 1.165) is 23.3 Å². The molecule has 0 radical (unpaired) electrons. The van der Waals surface area contributed by atoms with E-state index in [1.165, 1.54) is 103 Å². The third-order valence-electron chi connectivity index (χ3n) is 23.9. The SMILES string of the molecule is CC(C)c1cc(C(C)(C)C)cc(C(C)(C)C)c1.CC(C)c1cc(C(C)(C)C)cc(C2(C)CC2)c1.CC(C)c1cc(C(C)(C)C)nc(C(C)(C)C)c1.CC(C)c1ccc(S(=O)(=O)NC(C)(C)C)c(C(C)(C)C)c1.CC(C)c1ccc(S(=O)(=O)NC(C)(C)C)c(C(F)(F)F)c1.COC(C)(C)c1cc(C(C)C)cc(C(C)(C)C)c1.Cc1c(C(C)(C)C)cc(C(C)C)cc1C(C)(C)C. The van der Waals surface area contributed by atoms with Crippen LogP contribution >= 0.6 is 0 Å². The Morgan fingerprint density at radius 3 is 0.814 bits per heavy atom. The van der Waals surface area contributed by atoms with Gasteiger partial charge in [-0.25, -0.2) is 26.3 Å². The number of halogens is 3. The van der Waals surface area contributed by atoms with Gasteiger partial charge in [-0.1, -0.05) is 376 Å². The molecule has 0 saturated heterocycles. The first-order valence-electron chi connectivity index (χ1n) is 47.9. The van der Waals surface area contributed by atoms with Gasteiger partial charge >= 0.3 is 6.18 Å². The average molecular weight is 1830 g/mol. The lowest BCUT2D eigenvalue weighted by Crippen LogP contribution is -2.41. The first-order valence-corrected chi connectivity index (χ1v) is 50.9. The Hall–Kier alpha value is -5.96. The van der Waals surface area contributed by atoms with Crippen molar-refractivity contribution in [3.8, 4) is 0 Å². The largest absolute Gasteiger partial charge is 0.417 e. The molecule has 7 aromatic rings. The Balaban J connectivity index is 0.000000510. The number of rotatable bonds is 14. The molecule has 0 amide bonds. The van der Waals surface area contributed by atoms with Crippen LogP contribution < -0.4 is 9.44 Å². The van der Waals surface area contributed by atoms with Crippen molar-refractivity contribution in [3.05, 3.63) is 227 Å². The number of nitrogens with zero attached hydrogens (tertiary/aromatic N) is 1. The number of nitrogens with one attached hydrogen (secondary N) is 2. The maximum Gasteiger partial charge on any atom is 0.417 e. The molecule has 1 aromatic heterocycles. The Morgan fingerprint density at radius 1 is 0.310 bits per heavy atom. The fraction of sp³-hybridized carbons (Fsp3) is 0.647. The van der Waals surface area contributed by atoms with Gasteiger partial charge in [-0.3, -0.25) is 4.98 Å². The summed E-state index contributed by atoms with van der Waals surface area (Å²) in [5.41, 5.74) is 24.2. The van der Waals surface area contributed by atoms with Gasteiger partial charge in [-0.15, -0.1) is 0 Å². The molecule has 8 rings (SSSR count). The number of pyridine rings is 1. The Kier molecular flexibility index (Phi) is 40.4. The second-order valence-electron chi connectivity index (χ2n) is 51.3. The molecular formula is C116H188F3N3O5S2. The number of alkyl halides is 3. The highest BCUT2D eigenvalue weighted by atomic mass is 32.2. The first-order chi connectivity index (χ1) is 57.2. The predicted octanol–water partition coefficient (Wildman–Crippen LogP) is 34.2. The van der Waals surface area contributed by atoms with Crippen LogP contribution in [0.3, 0.4) is 0 Å². The van der Waals surface area contributed by atoms with Crippen molar-refractivity contribution >= 4 is 20.0 Å². The third-order valence-corrected chi connectivity index (χ3v) is 27.5. The van der Waals surface area contributed by atoms with Gasteiger partial charge in [0.1, 0.15) is 0 Å². The molecule has 8 nitrogen and oxygen atoms in total. The van der Waals surface area contributed by atoms with E-state index in [-0.39, 0.29) is 60.3 Å². The van der Waals surface area contributed by atoms with Gasteiger partial charge in [-0.2, -0.15) is 13.2 Å². The fourth-order valence-electron chi connectivity index (χ4n) is 14.3. The minimum atomic E-state index is -4.73. The molecule has 0 aliphatic heterocycles. The summed E-state index contributed by atoms with van der Waals surface area (Å²) >= 11 is 0. The van der Waals surface area contributed by atoms with E-state index in [1.807, 2.05) is 53.7 Å². The fourth-order valence-corrected chi connectivity index (χ4v) is 17.7. The molecule has 1 heterocycles. The molecule has 1 aliphatic rings. The molecule has 13 heteroatoms. The van der Waals surface area contributed by atoms with Crippen molar-refractivity contribution in [3.63, 3.8) is 0 Å². The molecule has 6 aromatic carbocycles. The van der Waals surface area contributed by atoms with Gasteiger partial charge in [0.25, 0.3) is 0 Å². The van der Waals surface area contributed by atoms with Crippen LogP contribution in [0.25, 0.3) is 0 Å². The standard InChI is InChI=1S/C18H30.C17H29NO2S.C17H28O.C17H26.C17H28.C16H27N.C14H20F3NO2S/c1-12(2)14-10-15(17(4,5)6)13(3)16(11-14)18(7,8)9;1-12(2)13-9-10-15(14(11-13)16(3,4)5)21(19,20)18-17(6,7)8;1-12(2)13-9-14(16(3,4)5)11-15(10-13)17(6,7)18-8;1-12(2)13-9-14(16(3,4)5)11-15(10-13)17(6)7-8-17;1-12(2)13-9-14(16(3,4)5)11-15(10-13)17(6,7)8;1-11(2)12-9-13(15(3,4)5)17-14(10-12)16(6,7)8;1-9(2)10-6-7-12(11(8-10)14(15,16)17)21(19,20)18-13(3,4)5/h10-12H,1-9H3;9-12,18H,1-8H3;9-12H,1-8H3;9-12H,7-8H2,1-6H3;9-12H,1-8H3;9-11H,1-8H3;6-9,18H,1-5H3. The number of sulfonamides is 2. The normalized spacial score (nSPS) is 14.1. The molecule has 0 unspecified atom stereocenters. The van der Waals surface area contributed by atoms with E-state index in [0.29, 0.717) is 51.4 Å². The summed E-state index contributed by atoms with van der Waals surface area (Å²) in [4.78, 5) is 4.50. The average Bonchev–Trinajstić information content (AvgIpc) is 1.29. The van der Waals surface area contributed by atoms with E-state index < -0.39 is 47.8 Å². The zero-order chi connectivity index (χ0) is 101. The predicted molar refractivity (Wildman–Crippen MR) is 556 cm³/mol. The highest BCUT2D eigenvalue weighted by molar-refractivity contribution is 7.90. The summed E-state index contributed by atoms with van der Waals surface area (Å²) in [6.45, 7) is 110. The van der Waals surface area contributed by atoms with Crippen molar-refractivity contribution in [1.82, 2.24) is 14.4 Å². The minimum Gasteiger partial charge on any atom is -0.374 e. The van der Waals surface area contributed by atoms with Gasteiger partial charge in [0, 0.05) is 40.4 Å². The molecule has 1 fully saturated rings. The molecule has 730 valence electrons.